The van der Waals surface area contributed by atoms with Crippen LogP contribution in [0.1, 0.15) is 32.6 Å². The molecule has 106 valence electrons. The number of hydrogen-bond acceptors (Lipinski definition) is 4. The summed E-state index contributed by atoms with van der Waals surface area (Å²) >= 11 is 2.04. The molecule has 2 heterocycles. The summed E-state index contributed by atoms with van der Waals surface area (Å²) in [5.41, 5.74) is 0. The lowest BCUT2D eigenvalue weighted by Gasteiger charge is -2.34. The van der Waals surface area contributed by atoms with Crippen LogP contribution in [-0.2, 0) is 9.47 Å². The fourth-order valence-corrected chi connectivity index (χ4v) is 3.72. The molecular formula is C14H27NO2S. The van der Waals surface area contributed by atoms with Gasteiger partial charge in [0.2, 0.25) is 0 Å². The van der Waals surface area contributed by atoms with Crippen LogP contribution >= 0.6 is 11.8 Å². The Balaban J connectivity index is 1.82. The first-order valence-corrected chi connectivity index (χ1v) is 8.56. The van der Waals surface area contributed by atoms with Gasteiger partial charge < -0.3 is 14.8 Å². The van der Waals surface area contributed by atoms with E-state index in [1.165, 1.54) is 25.7 Å². The van der Waals surface area contributed by atoms with Gasteiger partial charge in [-0.25, -0.2) is 0 Å². The molecule has 4 heteroatoms. The first kappa shape index (κ1) is 14.6. The van der Waals surface area contributed by atoms with Crippen LogP contribution in [0.2, 0.25) is 0 Å². The lowest BCUT2D eigenvalue weighted by atomic mass is 9.90. The molecule has 2 saturated heterocycles. The molecule has 2 unspecified atom stereocenters. The minimum absolute atomic E-state index is 0.415. The van der Waals surface area contributed by atoms with Gasteiger partial charge in [0.1, 0.15) is 0 Å². The van der Waals surface area contributed by atoms with E-state index in [-0.39, 0.29) is 0 Å². The van der Waals surface area contributed by atoms with E-state index < -0.39 is 0 Å². The second kappa shape index (κ2) is 8.41. The summed E-state index contributed by atoms with van der Waals surface area (Å²) in [7, 11) is 0. The minimum Gasteiger partial charge on any atom is -0.381 e. The normalized spacial score (nSPS) is 28.2. The van der Waals surface area contributed by atoms with E-state index >= 15 is 0 Å². The molecule has 2 aliphatic rings. The van der Waals surface area contributed by atoms with Crippen LogP contribution in [0.3, 0.4) is 0 Å². The minimum atomic E-state index is 0.415. The van der Waals surface area contributed by atoms with Gasteiger partial charge in [-0.1, -0.05) is 6.92 Å². The van der Waals surface area contributed by atoms with E-state index in [9.17, 15) is 0 Å². The highest BCUT2D eigenvalue weighted by molar-refractivity contribution is 7.99. The first-order valence-electron chi connectivity index (χ1n) is 7.40. The van der Waals surface area contributed by atoms with Crippen LogP contribution in [0.5, 0.6) is 0 Å². The van der Waals surface area contributed by atoms with E-state index in [1.54, 1.807) is 0 Å². The van der Waals surface area contributed by atoms with Gasteiger partial charge in [-0.15, -0.1) is 0 Å². The van der Waals surface area contributed by atoms with Gasteiger partial charge in [0, 0.05) is 30.8 Å². The highest BCUT2D eigenvalue weighted by Crippen LogP contribution is 2.25. The number of rotatable bonds is 6. The van der Waals surface area contributed by atoms with Crippen molar-refractivity contribution in [2.45, 2.75) is 44.8 Å². The number of ether oxygens (including phenoxy) is 2. The van der Waals surface area contributed by atoms with Crippen LogP contribution in [0.15, 0.2) is 0 Å². The Hall–Kier alpha value is 0.230. The van der Waals surface area contributed by atoms with Crippen molar-refractivity contribution < 1.29 is 9.47 Å². The average Bonchev–Trinajstić information content (AvgIpc) is 2.45. The molecule has 0 bridgehead atoms. The topological polar surface area (TPSA) is 30.5 Å². The van der Waals surface area contributed by atoms with E-state index in [4.69, 9.17) is 9.47 Å². The summed E-state index contributed by atoms with van der Waals surface area (Å²) in [6.45, 7) is 6.16. The lowest BCUT2D eigenvalue weighted by molar-refractivity contribution is 0.0229. The third-order valence-electron chi connectivity index (χ3n) is 3.88. The smallest absolute Gasteiger partial charge is 0.0818 e. The molecule has 0 aliphatic carbocycles. The fraction of sp³-hybridized carbons (Fsp3) is 1.00. The zero-order valence-corrected chi connectivity index (χ0v) is 12.3. The summed E-state index contributed by atoms with van der Waals surface area (Å²) in [6, 6.07) is 0.542. The summed E-state index contributed by atoms with van der Waals surface area (Å²) in [5, 5.41) is 3.71. The Bertz CT molecular complexity index is 216. The molecule has 0 saturated carbocycles. The average molecular weight is 273 g/mol. The van der Waals surface area contributed by atoms with Gasteiger partial charge in [0.05, 0.1) is 12.7 Å². The Kier molecular flexibility index (Phi) is 6.84. The van der Waals surface area contributed by atoms with Crippen molar-refractivity contribution in [2.75, 3.05) is 37.9 Å². The lowest BCUT2D eigenvalue weighted by Crippen LogP contribution is -2.46. The van der Waals surface area contributed by atoms with Gasteiger partial charge in [-0.3, -0.25) is 0 Å². The Labute approximate surface area is 115 Å². The van der Waals surface area contributed by atoms with Crippen molar-refractivity contribution in [3.05, 3.63) is 0 Å². The molecular weight excluding hydrogens is 246 g/mol. The zero-order chi connectivity index (χ0) is 12.6. The van der Waals surface area contributed by atoms with E-state index in [1.807, 2.05) is 11.8 Å². The summed E-state index contributed by atoms with van der Waals surface area (Å²) in [6.07, 6.45) is 5.32. The van der Waals surface area contributed by atoms with Crippen LogP contribution in [0.25, 0.3) is 0 Å². The Morgan fingerprint density at radius 2 is 2.11 bits per heavy atom. The molecule has 2 atom stereocenters. The quantitative estimate of drug-likeness (QED) is 0.804. The third-order valence-corrected chi connectivity index (χ3v) is 4.89. The standard InChI is InChI=1S/C14H27NO2S/c1-2-5-15-13(14-11-18-9-8-17-14)10-12-3-6-16-7-4-12/h12-15H,2-11H2,1H3. The predicted octanol–water partition coefficient (Wildman–Crippen LogP) is 2.30. The van der Waals surface area contributed by atoms with Crippen molar-refractivity contribution in [2.24, 2.45) is 5.92 Å². The molecule has 2 aliphatic heterocycles. The van der Waals surface area contributed by atoms with E-state index in [0.717, 1.165) is 43.8 Å². The molecule has 2 fully saturated rings. The van der Waals surface area contributed by atoms with E-state index in [2.05, 4.69) is 12.2 Å². The second-order valence-electron chi connectivity index (χ2n) is 5.34. The zero-order valence-electron chi connectivity index (χ0n) is 11.5. The molecule has 1 N–H and O–H groups in total. The third kappa shape index (κ3) is 4.72. The Morgan fingerprint density at radius 1 is 1.28 bits per heavy atom. The largest absolute Gasteiger partial charge is 0.381 e. The Morgan fingerprint density at radius 3 is 2.78 bits per heavy atom. The predicted molar refractivity (Wildman–Crippen MR) is 77.3 cm³/mol. The van der Waals surface area contributed by atoms with Gasteiger partial charge in [0.25, 0.3) is 0 Å². The van der Waals surface area contributed by atoms with E-state index in [0.29, 0.717) is 12.1 Å². The summed E-state index contributed by atoms with van der Waals surface area (Å²) < 4.78 is 11.4. The van der Waals surface area contributed by atoms with Crippen molar-refractivity contribution in [1.29, 1.82) is 0 Å². The summed E-state index contributed by atoms with van der Waals surface area (Å²) in [5.74, 6) is 3.14. The fourth-order valence-electron chi connectivity index (χ4n) is 2.78. The molecule has 0 aromatic rings. The van der Waals surface area contributed by atoms with Crippen molar-refractivity contribution >= 4 is 11.8 Å². The second-order valence-corrected chi connectivity index (χ2v) is 6.49. The monoisotopic (exact) mass is 273 g/mol. The maximum Gasteiger partial charge on any atom is 0.0818 e. The van der Waals surface area contributed by atoms with Crippen LogP contribution in [0, 0.1) is 5.92 Å². The van der Waals surface area contributed by atoms with Crippen LogP contribution < -0.4 is 5.32 Å². The van der Waals surface area contributed by atoms with Gasteiger partial charge in [-0.2, -0.15) is 11.8 Å². The van der Waals surface area contributed by atoms with Crippen LogP contribution in [0.4, 0.5) is 0 Å². The highest BCUT2D eigenvalue weighted by atomic mass is 32.2. The van der Waals surface area contributed by atoms with Gasteiger partial charge in [-0.05, 0) is 38.1 Å². The molecule has 0 aromatic heterocycles. The van der Waals surface area contributed by atoms with Crippen LogP contribution in [-0.4, -0.2) is 50.0 Å². The molecule has 0 aromatic carbocycles. The number of hydrogen-bond donors (Lipinski definition) is 1. The molecule has 2 rings (SSSR count). The maximum atomic E-state index is 5.96. The van der Waals surface area contributed by atoms with Gasteiger partial charge >= 0.3 is 0 Å². The summed E-state index contributed by atoms with van der Waals surface area (Å²) in [4.78, 5) is 0. The maximum absolute atomic E-state index is 5.96. The molecule has 0 spiro atoms. The highest BCUT2D eigenvalue weighted by Gasteiger charge is 2.27. The number of thioether (sulfide) groups is 1. The molecule has 3 nitrogen and oxygen atoms in total. The SMILES string of the molecule is CCCNC(CC1CCOCC1)C1CSCCO1. The molecule has 0 radical (unpaired) electrons. The van der Waals surface area contributed by atoms with Crippen molar-refractivity contribution in [3.8, 4) is 0 Å². The van der Waals surface area contributed by atoms with Crippen molar-refractivity contribution in [1.82, 2.24) is 5.32 Å². The first-order chi connectivity index (χ1) is 8.90. The van der Waals surface area contributed by atoms with Gasteiger partial charge in [0.15, 0.2) is 0 Å². The number of nitrogens with one attached hydrogen (secondary N) is 1. The molecule has 18 heavy (non-hydrogen) atoms. The van der Waals surface area contributed by atoms with Crippen molar-refractivity contribution in [3.63, 3.8) is 0 Å². The molecule has 0 amide bonds.